The topological polar surface area (TPSA) is 118 Å². The molecule has 10 nitrogen and oxygen atoms in total. The molecule has 3 aromatic rings. The van der Waals surface area contributed by atoms with Gasteiger partial charge < -0.3 is 14.4 Å². The molecular formula is C28H29ClN4O6S. The predicted molar refractivity (Wildman–Crippen MR) is 153 cm³/mol. The van der Waals surface area contributed by atoms with Crippen molar-refractivity contribution in [2.75, 3.05) is 43.5 Å². The largest absolute Gasteiger partial charge is 0.484 e. The summed E-state index contributed by atoms with van der Waals surface area (Å²) in [5.74, 6) is 0.00494. The SMILES string of the molecule is CS(=O)(=O)N(Cc1ccc(Cl)cc1)c1ccc(C(=O)N/N=C\c2ccc(OCC(=O)N3CCOCC3)cc2)cc1. The lowest BCUT2D eigenvalue weighted by molar-refractivity contribution is -0.137. The fraction of sp³-hybridized carbons (Fsp3) is 0.250. The maximum atomic E-state index is 12.5. The second-order valence-electron chi connectivity index (χ2n) is 8.99. The zero-order chi connectivity index (χ0) is 28.5. The van der Waals surface area contributed by atoms with Crippen LogP contribution in [0.25, 0.3) is 0 Å². The van der Waals surface area contributed by atoms with Crippen molar-refractivity contribution < 1.29 is 27.5 Å². The highest BCUT2D eigenvalue weighted by molar-refractivity contribution is 7.92. The van der Waals surface area contributed by atoms with Crippen LogP contribution in [0, 0.1) is 0 Å². The van der Waals surface area contributed by atoms with Crippen molar-refractivity contribution in [1.29, 1.82) is 0 Å². The lowest BCUT2D eigenvalue weighted by Gasteiger charge is -2.26. The van der Waals surface area contributed by atoms with E-state index in [2.05, 4.69) is 10.5 Å². The number of hydrogen-bond acceptors (Lipinski definition) is 7. The van der Waals surface area contributed by atoms with Gasteiger partial charge in [-0.3, -0.25) is 13.9 Å². The third-order valence-electron chi connectivity index (χ3n) is 6.04. The molecule has 0 aliphatic carbocycles. The van der Waals surface area contributed by atoms with Crippen LogP contribution in [0.15, 0.2) is 77.9 Å². The van der Waals surface area contributed by atoms with Crippen LogP contribution in [-0.2, 0) is 26.1 Å². The van der Waals surface area contributed by atoms with Gasteiger partial charge in [0.1, 0.15) is 5.75 Å². The molecule has 0 saturated carbocycles. The minimum Gasteiger partial charge on any atom is -0.484 e. The van der Waals surface area contributed by atoms with Crippen molar-refractivity contribution in [1.82, 2.24) is 10.3 Å². The molecule has 12 heteroatoms. The number of rotatable bonds is 10. The van der Waals surface area contributed by atoms with E-state index in [9.17, 15) is 18.0 Å². The number of carbonyl (C=O) groups excluding carboxylic acids is 2. The van der Waals surface area contributed by atoms with Gasteiger partial charge in [-0.25, -0.2) is 13.8 Å². The Labute approximate surface area is 238 Å². The highest BCUT2D eigenvalue weighted by Gasteiger charge is 2.19. The van der Waals surface area contributed by atoms with Crippen molar-refractivity contribution in [3.05, 3.63) is 94.5 Å². The third-order valence-corrected chi connectivity index (χ3v) is 7.44. The first-order valence-corrected chi connectivity index (χ1v) is 14.7. The first kappa shape index (κ1) is 29.1. The molecule has 0 radical (unpaired) electrons. The van der Waals surface area contributed by atoms with Crippen LogP contribution in [0.1, 0.15) is 21.5 Å². The molecule has 210 valence electrons. The van der Waals surface area contributed by atoms with Crippen molar-refractivity contribution in [3.8, 4) is 5.75 Å². The Bertz CT molecular complexity index is 1440. The number of morpholine rings is 1. The molecule has 1 N–H and O–H groups in total. The number of anilines is 1. The second-order valence-corrected chi connectivity index (χ2v) is 11.3. The van der Waals surface area contributed by atoms with Crippen molar-refractivity contribution >= 4 is 45.3 Å². The maximum Gasteiger partial charge on any atom is 0.271 e. The molecule has 1 aliphatic heterocycles. The summed E-state index contributed by atoms with van der Waals surface area (Å²) in [6.45, 7) is 2.28. The number of nitrogens with zero attached hydrogens (tertiary/aromatic N) is 3. The van der Waals surface area contributed by atoms with Gasteiger partial charge in [-0.1, -0.05) is 23.7 Å². The standard InChI is InChI=1S/C28H29ClN4O6S/c1-40(36,37)33(19-22-2-8-24(29)9-3-22)25-10-6-23(7-11-25)28(35)31-30-18-21-4-12-26(13-5-21)39-20-27(34)32-14-16-38-17-15-32/h2-13,18H,14-17,19-20H2,1H3,(H,31,35)/b30-18-. The van der Waals surface area contributed by atoms with Gasteiger partial charge in [0.25, 0.3) is 11.8 Å². The average Bonchev–Trinajstić information content (AvgIpc) is 2.96. The van der Waals surface area contributed by atoms with E-state index in [1.165, 1.54) is 22.7 Å². The lowest BCUT2D eigenvalue weighted by Crippen LogP contribution is -2.42. The minimum atomic E-state index is -3.58. The maximum absolute atomic E-state index is 12.5. The molecule has 0 spiro atoms. The Morgan fingerprint density at radius 1 is 1.02 bits per heavy atom. The fourth-order valence-electron chi connectivity index (χ4n) is 3.86. The Kier molecular flexibility index (Phi) is 9.75. The van der Waals surface area contributed by atoms with E-state index < -0.39 is 15.9 Å². The van der Waals surface area contributed by atoms with Crippen molar-refractivity contribution in [3.63, 3.8) is 0 Å². The molecule has 0 unspecified atom stereocenters. The zero-order valence-corrected chi connectivity index (χ0v) is 23.4. The molecular weight excluding hydrogens is 556 g/mol. The first-order valence-electron chi connectivity index (χ1n) is 12.4. The number of sulfonamides is 1. The number of benzene rings is 3. The Morgan fingerprint density at radius 3 is 2.30 bits per heavy atom. The van der Waals surface area contributed by atoms with Gasteiger partial charge >= 0.3 is 0 Å². The summed E-state index contributed by atoms with van der Waals surface area (Å²) >= 11 is 5.92. The normalized spacial score (nSPS) is 13.7. The molecule has 40 heavy (non-hydrogen) atoms. The van der Waals surface area contributed by atoms with Crippen molar-refractivity contribution in [2.24, 2.45) is 5.10 Å². The Morgan fingerprint density at radius 2 is 1.68 bits per heavy atom. The number of amides is 2. The predicted octanol–water partition coefficient (Wildman–Crippen LogP) is 3.31. The van der Waals surface area contributed by atoms with E-state index in [1.54, 1.807) is 65.6 Å². The van der Waals surface area contributed by atoms with Crippen LogP contribution in [-0.4, -0.2) is 70.5 Å². The second kappa shape index (κ2) is 13.4. The highest BCUT2D eigenvalue weighted by Crippen LogP contribution is 2.22. The first-order chi connectivity index (χ1) is 19.2. The molecule has 0 bridgehead atoms. The average molecular weight is 585 g/mol. The van der Waals surface area contributed by atoms with Gasteiger partial charge in [-0.05, 0) is 71.8 Å². The van der Waals surface area contributed by atoms with E-state index in [1.807, 2.05) is 0 Å². The van der Waals surface area contributed by atoms with Crippen LogP contribution in [0.2, 0.25) is 5.02 Å². The van der Waals surface area contributed by atoms with Crippen LogP contribution in [0.5, 0.6) is 5.75 Å². The summed E-state index contributed by atoms with van der Waals surface area (Å²) in [7, 11) is -3.58. The lowest BCUT2D eigenvalue weighted by atomic mass is 10.2. The Balaban J connectivity index is 1.30. The van der Waals surface area contributed by atoms with Gasteiger partial charge in [0.05, 0.1) is 37.9 Å². The van der Waals surface area contributed by atoms with E-state index in [0.717, 1.165) is 11.8 Å². The van der Waals surface area contributed by atoms with Gasteiger partial charge in [0.2, 0.25) is 10.0 Å². The van der Waals surface area contributed by atoms with Gasteiger partial charge in [0, 0.05) is 23.7 Å². The van der Waals surface area contributed by atoms with Gasteiger partial charge in [-0.2, -0.15) is 5.10 Å². The molecule has 1 saturated heterocycles. The van der Waals surface area contributed by atoms with Crippen LogP contribution in [0.4, 0.5) is 5.69 Å². The zero-order valence-electron chi connectivity index (χ0n) is 21.8. The summed E-state index contributed by atoms with van der Waals surface area (Å²) < 4.78 is 36.9. The van der Waals surface area contributed by atoms with Gasteiger partial charge in [0.15, 0.2) is 6.61 Å². The Hall–Kier alpha value is -3.93. The molecule has 2 amide bonds. The third kappa shape index (κ3) is 8.28. The number of hydrazone groups is 1. The monoisotopic (exact) mass is 584 g/mol. The molecule has 1 heterocycles. The minimum absolute atomic E-state index is 0.0502. The molecule has 1 aliphatic rings. The number of ether oxygens (including phenoxy) is 2. The number of nitrogens with one attached hydrogen (secondary N) is 1. The highest BCUT2D eigenvalue weighted by atomic mass is 35.5. The molecule has 3 aromatic carbocycles. The van der Waals surface area contributed by atoms with E-state index in [0.29, 0.717) is 53.9 Å². The number of hydrogen-bond donors (Lipinski definition) is 1. The summed E-state index contributed by atoms with van der Waals surface area (Å²) in [4.78, 5) is 26.4. The van der Waals surface area contributed by atoms with E-state index >= 15 is 0 Å². The van der Waals surface area contributed by atoms with Crippen molar-refractivity contribution in [2.45, 2.75) is 6.54 Å². The van der Waals surface area contributed by atoms with E-state index in [4.69, 9.17) is 21.1 Å². The molecule has 4 rings (SSSR count). The van der Waals surface area contributed by atoms with E-state index in [-0.39, 0.29) is 19.1 Å². The molecule has 0 atom stereocenters. The van der Waals surface area contributed by atoms with Gasteiger partial charge in [-0.15, -0.1) is 0 Å². The quantitative estimate of drug-likeness (QED) is 0.289. The number of carbonyl (C=O) groups is 2. The summed E-state index contributed by atoms with van der Waals surface area (Å²) in [6.07, 6.45) is 2.61. The smallest absolute Gasteiger partial charge is 0.271 e. The summed E-state index contributed by atoms with van der Waals surface area (Å²) in [5.41, 5.74) is 4.68. The molecule has 0 aromatic heterocycles. The summed E-state index contributed by atoms with van der Waals surface area (Å²) in [5, 5.41) is 4.55. The molecule has 1 fully saturated rings. The summed E-state index contributed by atoms with van der Waals surface area (Å²) in [6, 6.07) is 20.0. The van der Waals surface area contributed by atoms with Crippen LogP contribution >= 0.6 is 11.6 Å². The number of halogens is 1. The van der Waals surface area contributed by atoms with Crippen LogP contribution in [0.3, 0.4) is 0 Å². The fourth-order valence-corrected chi connectivity index (χ4v) is 4.88. The van der Waals surface area contributed by atoms with Crippen LogP contribution < -0.4 is 14.5 Å².